The number of amides is 3. The lowest BCUT2D eigenvalue weighted by atomic mass is 9.81. The first kappa shape index (κ1) is 23.5. The molecule has 0 aromatic heterocycles. The Morgan fingerprint density at radius 3 is 2.19 bits per heavy atom. The van der Waals surface area contributed by atoms with E-state index in [1.165, 1.54) is 17.0 Å². The van der Waals surface area contributed by atoms with E-state index in [1.54, 1.807) is 26.2 Å². The van der Waals surface area contributed by atoms with E-state index in [2.05, 4.69) is 10.0 Å². The van der Waals surface area contributed by atoms with Gasteiger partial charge in [-0.2, -0.15) is 0 Å². The molecule has 1 aliphatic carbocycles. The van der Waals surface area contributed by atoms with E-state index in [0.29, 0.717) is 18.5 Å². The summed E-state index contributed by atoms with van der Waals surface area (Å²) in [7, 11) is -0.414. The number of carbonyl (C=O) groups excluding carboxylic acids is 2. The Morgan fingerprint density at radius 2 is 1.65 bits per heavy atom. The zero-order valence-corrected chi connectivity index (χ0v) is 19.0. The van der Waals surface area contributed by atoms with E-state index >= 15 is 0 Å². The maximum atomic E-state index is 12.7. The van der Waals surface area contributed by atoms with Crippen molar-refractivity contribution in [2.24, 2.45) is 11.7 Å². The van der Waals surface area contributed by atoms with E-state index in [4.69, 9.17) is 5.73 Å². The van der Waals surface area contributed by atoms with Crippen LogP contribution in [0.5, 0.6) is 0 Å². The van der Waals surface area contributed by atoms with Crippen LogP contribution in [-0.2, 0) is 14.8 Å². The molecule has 1 atom stereocenters. The number of benzene rings is 1. The van der Waals surface area contributed by atoms with Crippen molar-refractivity contribution < 1.29 is 18.0 Å². The van der Waals surface area contributed by atoms with Gasteiger partial charge in [0.05, 0.1) is 10.9 Å². The van der Waals surface area contributed by atoms with Crippen molar-refractivity contribution in [2.45, 2.75) is 55.5 Å². The quantitative estimate of drug-likeness (QED) is 0.605. The van der Waals surface area contributed by atoms with Crippen molar-refractivity contribution in [3.63, 3.8) is 0 Å². The van der Waals surface area contributed by atoms with E-state index in [1.807, 2.05) is 4.90 Å². The molecular weight excluding hydrogens is 418 g/mol. The molecule has 0 radical (unpaired) electrons. The number of likely N-dealkylation sites (tertiary alicyclic amines) is 1. The molecule has 1 aromatic rings. The van der Waals surface area contributed by atoms with Crippen LogP contribution in [0.15, 0.2) is 29.2 Å². The van der Waals surface area contributed by atoms with Gasteiger partial charge in [0, 0.05) is 38.9 Å². The molecule has 3 amide bonds. The van der Waals surface area contributed by atoms with Crippen molar-refractivity contribution >= 4 is 27.6 Å². The maximum Gasteiger partial charge on any atom is 0.321 e. The zero-order chi connectivity index (χ0) is 22.6. The molecule has 2 aliphatic rings. The molecule has 1 aliphatic heterocycles. The topological polar surface area (TPSA) is 125 Å². The Bertz CT molecular complexity index is 874. The van der Waals surface area contributed by atoms with Gasteiger partial charge in [-0.1, -0.05) is 0 Å². The number of urea groups is 1. The van der Waals surface area contributed by atoms with Crippen molar-refractivity contribution in [3.8, 4) is 0 Å². The van der Waals surface area contributed by atoms with Gasteiger partial charge in [-0.3, -0.25) is 4.79 Å². The fourth-order valence-corrected chi connectivity index (χ4v) is 5.49. The Morgan fingerprint density at radius 1 is 1.06 bits per heavy atom. The summed E-state index contributed by atoms with van der Waals surface area (Å²) in [6.07, 6.45) is 4.84. The molecule has 31 heavy (non-hydrogen) atoms. The lowest BCUT2D eigenvalue weighted by Gasteiger charge is -2.33. The minimum Gasteiger partial charge on any atom is -0.341 e. The van der Waals surface area contributed by atoms with Crippen LogP contribution in [0.25, 0.3) is 0 Å². The molecule has 2 fully saturated rings. The van der Waals surface area contributed by atoms with Crippen LogP contribution in [0.3, 0.4) is 0 Å². The van der Waals surface area contributed by atoms with Crippen LogP contribution in [0.1, 0.15) is 38.5 Å². The number of hydrogen-bond acceptors (Lipinski definition) is 5. The Kier molecular flexibility index (Phi) is 7.55. The van der Waals surface area contributed by atoms with Crippen LogP contribution in [0, 0.1) is 5.92 Å². The highest BCUT2D eigenvalue weighted by Crippen LogP contribution is 2.28. The molecule has 1 heterocycles. The van der Waals surface area contributed by atoms with Gasteiger partial charge in [-0.15, -0.1) is 0 Å². The molecule has 172 valence electrons. The largest absolute Gasteiger partial charge is 0.341 e. The van der Waals surface area contributed by atoms with Crippen LogP contribution in [-0.4, -0.2) is 69.4 Å². The molecular formula is C21H33N5O4S. The van der Waals surface area contributed by atoms with Gasteiger partial charge in [0.1, 0.15) is 0 Å². The molecule has 1 saturated heterocycles. The van der Waals surface area contributed by atoms with Gasteiger partial charge in [0.25, 0.3) is 0 Å². The summed E-state index contributed by atoms with van der Waals surface area (Å²) in [5, 5.41) is 2.67. The Hall–Kier alpha value is -2.17. The molecule has 3 rings (SSSR count). The normalized spacial score (nSPS) is 22.7. The van der Waals surface area contributed by atoms with Crippen molar-refractivity contribution in [1.82, 2.24) is 14.5 Å². The zero-order valence-electron chi connectivity index (χ0n) is 18.2. The highest BCUT2D eigenvalue weighted by Gasteiger charge is 2.34. The highest BCUT2D eigenvalue weighted by atomic mass is 32.2. The van der Waals surface area contributed by atoms with Gasteiger partial charge < -0.3 is 20.9 Å². The van der Waals surface area contributed by atoms with Gasteiger partial charge >= 0.3 is 6.03 Å². The summed E-state index contributed by atoms with van der Waals surface area (Å²) >= 11 is 0. The number of nitrogens with zero attached hydrogens (tertiary/aromatic N) is 2. The molecule has 0 spiro atoms. The molecule has 1 aromatic carbocycles. The van der Waals surface area contributed by atoms with Crippen LogP contribution >= 0.6 is 0 Å². The lowest BCUT2D eigenvalue weighted by molar-refractivity contribution is -0.133. The second kappa shape index (κ2) is 9.97. The highest BCUT2D eigenvalue weighted by molar-refractivity contribution is 7.89. The fourth-order valence-electron chi connectivity index (χ4n) is 4.19. The standard InChI is InChI=1S/C21H33N5O4S/c1-25(2)21(28)23-16-9-11-18(12-10-16)31(29,30)24-17-7-5-15(6-8-17)19(22)20(27)26-13-3-4-14-26/h9-12,15,17,19,24H,3-8,13-14,22H2,1-2H3,(H,23,28)/t15?,17?,19-/m0/s1. The van der Waals surface area contributed by atoms with E-state index in [9.17, 15) is 18.0 Å². The smallest absolute Gasteiger partial charge is 0.321 e. The fraction of sp³-hybridized carbons (Fsp3) is 0.619. The summed E-state index contributed by atoms with van der Waals surface area (Å²) in [6, 6.07) is 5.12. The molecule has 9 nitrogen and oxygen atoms in total. The third-order valence-electron chi connectivity index (χ3n) is 6.13. The number of hydrogen-bond donors (Lipinski definition) is 3. The second-order valence-corrected chi connectivity index (χ2v) is 10.4. The Balaban J connectivity index is 1.52. The predicted octanol–water partition coefficient (Wildman–Crippen LogP) is 1.57. The van der Waals surface area contributed by atoms with E-state index < -0.39 is 16.1 Å². The molecule has 0 unspecified atom stereocenters. The Labute approximate surface area is 184 Å². The first-order valence-corrected chi connectivity index (χ1v) is 12.3. The number of carbonyl (C=O) groups is 2. The van der Waals surface area contributed by atoms with E-state index in [-0.39, 0.29) is 28.8 Å². The summed E-state index contributed by atoms with van der Waals surface area (Å²) < 4.78 is 28.3. The monoisotopic (exact) mass is 451 g/mol. The molecule has 10 heteroatoms. The average Bonchev–Trinajstić information content (AvgIpc) is 3.28. The number of sulfonamides is 1. The molecule has 4 N–H and O–H groups in total. The summed E-state index contributed by atoms with van der Waals surface area (Å²) in [4.78, 5) is 27.6. The first-order valence-electron chi connectivity index (χ1n) is 10.8. The SMILES string of the molecule is CN(C)C(=O)Nc1ccc(S(=O)(=O)NC2CCC([C@H](N)C(=O)N3CCCC3)CC2)cc1. The van der Waals surface area contributed by atoms with Gasteiger partial charge in [-0.05, 0) is 68.7 Å². The number of nitrogens with one attached hydrogen (secondary N) is 2. The summed E-state index contributed by atoms with van der Waals surface area (Å²) in [5.41, 5.74) is 6.76. The number of anilines is 1. The number of rotatable bonds is 6. The average molecular weight is 452 g/mol. The van der Waals surface area contributed by atoms with Crippen LogP contribution in [0.4, 0.5) is 10.5 Å². The minimum absolute atomic E-state index is 0.0305. The lowest BCUT2D eigenvalue weighted by Crippen LogP contribution is -2.49. The maximum absolute atomic E-state index is 12.7. The van der Waals surface area contributed by atoms with Crippen LogP contribution < -0.4 is 15.8 Å². The predicted molar refractivity (Wildman–Crippen MR) is 119 cm³/mol. The molecule has 0 bridgehead atoms. The minimum atomic E-state index is -3.67. The first-order chi connectivity index (χ1) is 14.7. The van der Waals surface area contributed by atoms with Crippen molar-refractivity contribution in [3.05, 3.63) is 24.3 Å². The summed E-state index contributed by atoms with van der Waals surface area (Å²) in [6.45, 7) is 1.58. The van der Waals surface area contributed by atoms with Crippen LogP contribution in [0.2, 0.25) is 0 Å². The second-order valence-electron chi connectivity index (χ2n) is 8.64. The third-order valence-corrected chi connectivity index (χ3v) is 7.66. The van der Waals surface area contributed by atoms with Gasteiger partial charge in [-0.25, -0.2) is 17.9 Å². The third kappa shape index (κ3) is 5.96. The van der Waals surface area contributed by atoms with Gasteiger partial charge in [0.2, 0.25) is 15.9 Å². The van der Waals surface area contributed by atoms with Crippen molar-refractivity contribution in [2.75, 3.05) is 32.5 Å². The number of nitrogens with two attached hydrogens (primary N) is 1. The van der Waals surface area contributed by atoms with E-state index in [0.717, 1.165) is 38.8 Å². The molecule has 1 saturated carbocycles. The van der Waals surface area contributed by atoms with Gasteiger partial charge in [0.15, 0.2) is 0 Å². The van der Waals surface area contributed by atoms with Crippen molar-refractivity contribution in [1.29, 1.82) is 0 Å². The summed E-state index contributed by atoms with van der Waals surface area (Å²) in [5.74, 6) is 0.122.